The van der Waals surface area contributed by atoms with Crippen LogP contribution in [0, 0.1) is 0 Å². The zero-order chi connectivity index (χ0) is 44.8. The van der Waals surface area contributed by atoms with Crippen molar-refractivity contribution in [2.45, 2.75) is 268 Å². The van der Waals surface area contributed by atoms with Crippen molar-refractivity contribution in [2.24, 2.45) is 0 Å². The summed E-state index contributed by atoms with van der Waals surface area (Å²) in [6.45, 7) is 4.26. The van der Waals surface area contributed by atoms with Crippen molar-refractivity contribution >= 4 is 13.8 Å². The summed E-state index contributed by atoms with van der Waals surface area (Å²) in [4.78, 5) is 23.1. The number of carbonyl (C=O) groups is 1. The van der Waals surface area contributed by atoms with Crippen LogP contribution in [0.2, 0.25) is 0 Å². The van der Waals surface area contributed by atoms with Gasteiger partial charge in [-0.3, -0.25) is 13.8 Å². The summed E-state index contributed by atoms with van der Waals surface area (Å²) in [6.07, 6.45) is 31.5. The molecule has 0 aromatic heterocycles. The van der Waals surface area contributed by atoms with Crippen molar-refractivity contribution in [1.82, 2.24) is 0 Å². The topological polar surface area (TPSA) is 192 Å². The molecular formula is C48H93O12P. The molecule has 362 valence electrons. The first-order chi connectivity index (χ1) is 29.5. The van der Waals surface area contributed by atoms with Gasteiger partial charge in [-0.05, 0) is 38.5 Å². The Balaban J connectivity index is 2.29. The van der Waals surface area contributed by atoms with E-state index in [0.717, 1.165) is 57.8 Å². The van der Waals surface area contributed by atoms with Crippen molar-refractivity contribution in [1.29, 1.82) is 0 Å². The number of esters is 1. The maximum absolute atomic E-state index is 12.8. The first-order valence-corrected chi connectivity index (χ1v) is 26.5. The van der Waals surface area contributed by atoms with Gasteiger partial charge in [0.1, 0.15) is 42.7 Å². The fourth-order valence-electron chi connectivity index (χ4n) is 7.88. The number of phosphoric ester groups is 1. The third kappa shape index (κ3) is 31.6. The monoisotopic (exact) mass is 893 g/mol. The molecule has 12 nitrogen and oxygen atoms in total. The number of rotatable bonds is 43. The number of hydrogen-bond donors (Lipinski definition) is 6. The Morgan fingerprint density at radius 1 is 0.508 bits per heavy atom. The third-order valence-corrected chi connectivity index (χ3v) is 12.9. The third-order valence-electron chi connectivity index (χ3n) is 11.9. The Hall–Kier alpha value is -0.920. The molecule has 0 aliphatic heterocycles. The van der Waals surface area contributed by atoms with E-state index < -0.39 is 63.1 Å². The predicted octanol–water partition coefficient (Wildman–Crippen LogP) is 10.7. The molecule has 6 unspecified atom stereocenters. The highest BCUT2D eigenvalue weighted by atomic mass is 31.2. The van der Waals surface area contributed by atoms with Crippen molar-refractivity contribution < 1.29 is 58.3 Å². The van der Waals surface area contributed by atoms with Crippen LogP contribution < -0.4 is 0 Å². The number of hydrogen-bond acceptors (Lipinski definition) is 11. The van der Waals surface area contributed by atoms with Crippen LogP contribution in [-0.4, -0.2) is 98.9 Å². The zero-order valence-electron chi connectivity index (χ0n) is 38.7. The minimum absolute atomic E-state index is 0.0742. The van der Waals surface area contributed by atoms with Crippen molar-refractivity contribution in [2.75, 3.05) is 19.8 Å². The SMILES string of the molecule is CCCCC/C=C\CCCCCCCC(=O)OC(COCCCCCCCCCCCCCCCCCCCCCCCC)COP(=O)(O)OC1C(O)C(O)C(O)C(O)C1O. The highest BCUT2D eigenvalue weighted by molar-refractivity contribution is 7.47. The molecule has 0 heterocycles. The summed E-state index contributed by atoms with van der Waals surface area (Å²) in [6, 6.07) is 0. The molecule has 1 fully saturated rings. The van der Waals surface area contributed by atoms with Gasteiger partial charge in [-0.25, -0.2) is 4.57 Å². The van der Waals surface area contributed by atoms with E-state index in [0.29, 0.717) is 13.0 Å². The van der Waals surface area contributed by atoms with Crippen LogP contribution >= 0.6 is 7.82 Å². The molecule has 0 aromatic carbocycles. The minimum Gasteiger partial charge on any atom is -0.457 e. The molecular weight excluding hydrogens is 799 g/mol. The highest BCUT2D eigenvalue weighted by Crippen LogP contribution is 2.47. The molecule has 13 heteroatoms. The fourth-order valence-corrected chi connectivity index (χ4v) is 8.85. The first kappa shape index (κ1) is 58.1. The van der Waals surface area contributed by atoms with Gasteiger partial charge in [0.25, 0.3) is 0 Å². The van der Waals surface area contributed by atoms with Crippen LogP contribution in [0.5, 0.6) is 0 Å². The van der Waals surface area contributed by atoms with Crippen LogP contribution in [0.1, 0.15) is 226 Å². The standard InChI is InChI=1S/C48H93O12P/c1-3-5-7-9-11-13-15-17-18-19-20-21-22-23-24-25-26-28-30-32-34-36-38-57-39-41(59-42(49)37-35-33-31-29-27-16-14-12-10-8-6-4-2)40-58-61(55,56)60-48-46(53)44(51)43(50)45(52)47(48)54/h12,14,41,43-48,50-54H,3-11,13,15-40H2,1-2H3,(H,55,56)/b14-12-. The number of allylic oxidation sites excluding steroid dienone is 2. The van der Waals surface area contributed by atoms with E-state index in [1.54, 1.807) is 0 Å². The normalized spacial score (nSPS) is 22.2. The van der Waals surface area contributed by atoms with E-state index in [1.165, 1.54) is 141 Å². The molecule has 6 atom stereocenters. The fraction of sp³-hybridized carbons (Fsp3) is 0.938. The number of unbranched alkanes of at least 4 members (excludes halogenated alkanes) is 29. The molecule has 61 heavy (non-hydrogen) atoms. The van der Waals surface area contributed by atoms with Gasteiger partial charge in [-0.2, -0.15) is 0 Å². The van der Waals surface area contributed by atoms with Crippen LogP contribution in [0.15, 0.2) is 12.2 Å². The van der Waals surface area contributed by atoms with Gasteiger partial charge >= 0.3 is 13.8 Å². The summed E-state index contributed by atoms with van der Waals surface area (Å²) < 4.78 is 34.2. The second-order valence-electron chi connectivity index (χ2n) is 17.7. The lowest BCUT2D eigenvalue weighted by Crippen LogP contribution is -2.64. The molecule has 1 aliphatic carbocycles. The van der Waals surface area contributed by atoms with Gasteiger partial charge < -0.3 is 39.9 Å². The Morgan fingerprint density at radius 3 is 1.33 bits per heavy atom. The smallest absolute Gasteiger partial charge is 0.457 e. The Morgan fingerprint density at radius 2 is 0.869 bits per heavy atom. The summed E-state index contributed by atoms with van der Waals surface area (Å²) in [5.41, 5.74) is 0. The van der Waals surface area contributed by atoms with Gasteiger partial charge in [0.15, 0.2) is 0 Å². The molecule has 6 N–H and O–H groups in total. The molecule has 0 bridgehead atoms. The summed E-state index contributed by atoms with van der Waals surface area (Å²) in [5, 5.41) is 50.2. The number of phosphoric acid groups is 1. The zero-order valence-corrected chi connectivity index (χ0v) is 39.6. The summed E-state index contributed by atoms with van der Waals surface area (Å²) in [7, 11) is -5.01. The summed E-state index contributed by atoms with van der Waals surface area (Å²) in [5.74, 6) is -0.483. The molecule has 0 spiro atoms. The Kier molecular flexibility index (Phi) is 37.6. The van der Waals surface area contributed by atoms with Gasteiger partial charge in [-0.1, -0.05) is 193 Å². The van der Waals surface area contributed by atoms with Crippen LogP contribution in [0.25, 0.3) is 0 Å². The Bertz CT molecular complexity index is 1060. The van der Waals surface area contributed by atoms with Crippen molar-refractivity contribution in [3.05, 3.63) is 12.2 Å². The van der Waals surface area contributed by atoms with Gasteiger partial charge in [0, 0.05) is 13.0 Å². The highest BCUT2D eigenvalue weighted by Gasteiger charge is 2.51. The molecule has 1 rings (SSSR count). The van der Waals surface area contributed by atoms with E-state index in [4.69, 9.17) is 18.5 Å². The number of aliphatic hydroxyl groups excluding tert-OH is 5. The van der Waals surface area contributed by atoms with Gasteiger partial charge in [0.05, 0.1) is 13.2 Å². The lowest BCUT2D eigenvalue weighted by Gasteiger charge is -2.41. The largest absolute Gasteiger partial charge is 0.472 e. The average molecular weight is 893 g/mol. The lowest BCUT2D eigenvalue weighted by atomic mass is 9.85. The molecule has 0 saturated heterocycles. The second-order valence-corrected chi connectivity index (χ2v) is 19.1. The van der Waals surface area contributed by atoms with Gasteiger partial charge in [-0.15, -0.1) is 0 Å². The van der Waals surface area contributed by atoms with Crippen molar-refractivity contribution in [3.8, 4) is 0 Å². The maximum atomic E-state index is 12.8. The maximum Gasteiger partial charge on any atom is 0.472 e. The summed E-state index contributed by atoms with van der Waals surface area (Å²) >= 11 is 0. The number of ether oxygens (including phenoxy) is 2. The van der Waals surface area contributed by atoms with E-state index >= 15 is 0 Å². The second kappa shape index (κ2) is 39.4. The predicted molar refractivity (Wildman–Crippen MR) is 244 cm³/mol. The quantitative estimate of drug-likeness (QED) is 0.0147. The van der Waals surface area contributed by atoms with Crippen molar-refractivity contribution in [3.63, 3.8) is 0 Å². The number of carbonyl (C=O) groups excluding carboxylic acids is 1. The van der Waals surface area contributed by atoms with Crippen LogP contribution in [-0.2, 0) is 27.9 Å². The van der Waals surface area contributed by atoms with E-state index in [-0.39, 0.29) is 13.0 Å². The molecule has 1 aliphatic rings. The van der Waals surface area contributed by atoms with Crippen LogP contribution in [0.3, 0.4) is 0 Å². The van der Waals surface area contributed by atoms with Gasteiger partial charge in [0.2, 0.25) is 0 Å². The number of aliphatic hydroxyl groups is 5. The molecule has 0 radical (unpaired) electrons. The lowest BCUT2D eigenvalue weighted by molar-refractivity contribution is -0.220. The van der Waals surface area contributed by atoms with Crippen LogP contribution in [0.4, 0.5) is 0 Å². The molecule has 0 aromatic rings. The van der Waals surface area contributed by atoms with E-state index in [9.17, 15) is 39.8 Å². The molecule has 0 amide bonds. The molecule has 1 saturated carbocycles. The van der Waals surface area contributed by atoms with E-state index in [1.807, 2.05) is 0 Å². The average Bonchev–Trinajstić information content (AvgIpc) is 3.24. The minimum atomic E-state index is -5.01. The Labute approximate surface area is 371 Å². The first-order valence-electron chi connectivity index (χ1n) is 25.0. The van der Waals surface area contributed by atoms with E-state index in [2.05, 4.69) is 26.0 Å².